The number of nitrogens with zero attached hydrogens (tertiary/aromatic N) is 2. The van der Waals surface area contributed by atoms with Gasteiger partial charge >= 0.3 is 18.2 Å². The Bertz CT molecular complexity index is 1830. The minimum Gasteiger partial charge on any atom is -0.456 e. The molecule has 19 heteroatoms. The fraction of sp³-hybridized carbons (Fsp3) is 0.429. The first-order chi connectivity index (χ1) is 21.9. The zero-order valence-electron chi connectivity index (χ0n) is 25.0. The minimum atomic E-state index is -4.82. The standard InChI is InChI=1S/C28H28F4N4O8S3/c1-27(2,3)44-25(37)20-17-9-11-43-23(29)21(17)46-24(20)34-26(38)33-12-18-16-8-10-35(13-19(16)45-22(18)28(30,31)32)47(41,42)15-6-4-14(5-7-15)36(39)40/h4-7,23H,8-13H2,1-3H3,(H2,33,34,38). The molecular weight excluding hydrogens is 693 g/mol. The first kappa shape index (κ1) is 34.7. The van der Waals surface area contributed by atoms with E-state index in [4.69, 9.17) is 9.47 Å². The van der Waals surface area contributed by atoms with Gasteiger partial charge in [0.1, 0.15) is 15.5 Å². The molecular formula is C28H28F4N4O8S3. The minimum absolute atomic E-state index is 0.0115. The van der Waals surface area contributed by atoms with Gasteiger partial charge in [0.15, 0.2) is 0 Å². The van der Waals surface area contributed by atoms with Crippen molar-refractivity contribution in [3.05, 3.63) is 71.3 Å². The topological polar surface area (TPSA) is 157 Å². The van der Waals surface area contributed by atoms with Crippen LogP contribution in [-0.4, -0.2) is 48.4 Å². The smallest absolute Gasteiger partial charge is 0.425 e. The van der Waals surface area contributed by atoms with Crippen molar-refractivity contribution in [2.45, 2.75) is 69.7 Å². The van der Waals surface area contributed by atoms with E-state index in [0.717, 1.165) is 39.9 Å². The predicted octanol–water partition coefficient (Wildman–Crippen LogP) is 6.30. The van der Waals surface area contributed by atoms with Gasteiger partial charge in [0.05, 0.1) is 26.9 Å². The number of halogens is 4. The summed E-state index contributed by atoms with van der Waals surface area (Å²) < 4.78 is 94.9. The highest BCUT2D eigenvalue weighted by atomic mass is 32.2. The fourth-order valence-electron chi connectivity index (χ4n) is 5.16. The summed E-state index contributed by atoms with van der Waals surface area (Å²) in [4.78, 5) is 35.2. The number of fused-ring (bicyclic) bond motifs is 2. The molecule has 12 nitrogen and oxygen atoms in total. The van der Waals surface area contributed by atoms with Crippen LogP contribution in [0.5, 0.6) is 0 Å². The van der Waals surface area contributed by atoms with E-state index in [1.807, 2.05) is 0 Å². The summed E-state index contributed by atoms with van der Waals surface area (Å²) in [6.45, 7) is 3.76. The number of hydrogen-bond donors (Lipinski definition) is 2. The van der Waals surface area contributed by atoms with Gasteiger partial charge in [0.25, 0.3) is 5.69 Å². The molecule has 47 heavy (non-hydrogen) atoms. The summed E-state index contributed by atoms with van der Waals surface area (Å²) in [7, 11) is -4.19. The summed E-state index contributed by atoms with van der Waals surface area (Å²) in [6, 6.07) is 3.21. The number of non-ortho nitro benzene ring substituents is 1. The quantitative estimate of drug-likeness (QED) is 0.125. The van der Waals surface area contributed by atoms with Crippen LogP contribution in [0.2, 0.25) is 0 Å². The molecule has 5 rings (SSSR count). The molecule has 254 valence electrons. The van der Waals surface area contributed by atoms with E-state index in [-0.39, 0.29) is 74.6 Å². The van der Waals surface area contributed by atoms with Crippen LogP contribution < -0.4 is 10.6 Å². The highest BCUT2D eigenvalue weighted by Gasteiger charge is 2.41. The van der Waals surface area contributed by atoms with E-state index in [0.29, 0.717) is 16.9 Å². The Hall–Kier alpha value is -3.65. The second-order valence-electron chi connectivity index (χ2n) is 11.5. The zero-order chi connectivity index (χ0) is 34.5. The number of urea groups is 1. The van der Waals surface area contributed by atoms with Crippen LogP contribution in [0.25, 0.3) is 0 Å². The van der Waals surface area contributed by atoms with Crippen molar-refractivity contribution in [2.24, 2.45) is 0 Å². The number of carbonyl (C=O) groups is 2. The lowest BCUT2D eigenvalue weighted by Crippen LogP contribution is -2.36. The maximum absolute atomic E-state index is 14.5. The number of alkyl halides is 4. The molecule has 4 heterocycles. The molecule has 0 saturated carbocycles. The van der Waals surface area contributed by atoms with Crippen molar-refractivity contribution >= 4 is 55.4 Å². The van der Waals surface area contributed by atoms with E-state index in [1.165, 1.54) is 0 Å². The number of nitrogens with one attached hydrogen (secondary N) is 2. The lowest BCUT2D eigenvalue weighted by atomic mass is 10.0. The summed E-state index contributed by atoms with van der Waals surface area (Å²) in [5.41, 5.74) is -0.947. The number of nitro groups is 1. The molecule has 1 aromatic carbocycles. The number of esters is 1. The van der Waals surface area contributed by atoms with Crippen LogP contribution in [-0.2, 0) is 51.6 Å². The monoisotopic (exact) mass is 720 g/mol. The Morgan fingerprint density at radius 3 is 2.43 bits per heavy atom. The molecule has 0 fully saturated rings. The maximum atomic E-state index is 14.5. The number of amides is 2. The van der Waals surface area contributed by atoms with Gasteiger partial charge < -0.3 is 14.8 Å². The van der Waals surface area contributed by atoms with Gasteiger partial charge in [-0.1, -0.05) is 0 Å². The fourth-order valence-corrected chi connectivity index (χ4v) is 9.06. The van der Waals surface area contributed by atoms with Crippen LogP contribution in [0, 0.1) is 10.1 Å². The van der Waals surface area contributed by atoms with Crippen molar-refractivity contribution in [1.82, 2.24) is 9.62 Å². The first-order valence-corrected chi connectivity index (χ1v) is 17.1. The summed E-state index contributed by atoms with van der Waals surface area (Å²) in [5, 5.41) is 15.7. The van der Waals surface area contributed by atoms with Crippen molar-refractivity contribution in [2.75, 3.05) is 18.5 Å². The first-order valence-electron chi connectivity index (χ1n) is 14.0. The number of benzene rings is 1. The van der Waals surface area contributed by atoms with Gasteiger partial charge in [-0.25, -0.2) is 22.4 Å². The SMILES string of the molecule is CC(C)(C)OC(=O)c1c(NC(=O)NCc2c(C(F)(F)F)sc3c2CCN(S(=O)(=O)c2ccc([N+](=O)[O-])cc2)C3)sc2c1CCOC2F. The molecule has 2 aliphatic heterocycles. The van der Waals surface area contributed by atoms with Crippen molar-refractivity contribution < 1.29 is 50.0 Å². The van der Waals surface area contributed by atoms with Gasteiger partial charge in [-0.2, -0.15) is 17.5 Å². The Balaban J connectivity index is 1.36. The lowest BCUT2D eigenvalue weighted by molar-refractivity contribution is -0.384. The molecule has 2 aliphatic rings. The van der Waals surface area contributed by atoms with Crippen LogP contribution in [0.15, 0.2) is 29.2 Å². The normalized spacial score (nSPS) is 17.0. The predicted molar refractivity (Wildman–Crippen MR) is 163 cm³/mol. The average molecular weight is 721 g/mol. The Morgan fingerprint density at radius 2 is 1.81 bits per heavy atom. The second-order valence-corrected chi connectivity index (χ2v) is 15.6. The highest BCUT2D eigenvalue weighted by Crippen LogP contribution is 2.44. The second kappa shape index (κ2) is 12.8. The van der Waals surface area contributed by atoms with Crippen molar-refractivity contribution in [3.8, 4) is 0 Å². The van der Waals surface area contributed by atoms with Gasteiger partial charge in [0.2, 0.25) is 16.4 Å². The molecule has 2 amide bonds. The molecule has 1 atom stereocenters. The third-order valence-electron chi connectivity index (χ3n) is 7.19. The van der Waals surface area contributed by atoms with Crippen LogP contribution in [0.4, 0.5) is 33.0 Å². The molecule has 2 N–H and O–H groups in total. The number of carbonyl (C=O) groups excluding carboxylic acids is 2. The summed E-state index contributed by atoms with van der Waals surface area (Å²) in [6.07, 6.45) is -6.56. The number of rotatable bonds is 7. The van der Waals surface area contributed by atoms with Gasteiger partial charge in [-0.3, -0.25) is 15.4 Å². The number of hydrogen-bond acceptors (Lipinski definition) is 10. The van der Waals surface area contributed by atoms with Crippen LogP contribution >= 0.6 is 22.7 Å². The molecule has 0 saturated heterocycles. The largest absolute Gasteiger partial charge is 0.456 e. The third-order valence-corrected chi connectivity index (χ3v) is 11.5. The Morgan fingerprint density at radius 1 is 1.13 bits per heavy atom. The summed E-state index contributed by atoms with van der Waals surface area (Å²) >= 11 is 1.13. The zero-order valence-corrected chi connectivity index (χ0v) is 27.5. The number of anilines is 1. The van der Waals surface area contributed by atoms with E-state index in [2.05, 4.69) is 10.6 Å². The highest BCUT2D eigenvalue weighted by molar-refractivity contribution is 7.89. The molecule has 0 bridgehead atoms. The summed E-state index contributed by atoms with van der Waals surface area (Å²) in [5.74, 6) is -0.807. The van der Waals surface area contributed by atoms with E-state index < -0.39 is 56.5 Å². The molecule has 0 spiro atoms. The number of ether oxygens (including phenoxy) is 2. The average Bonchev–Trinajstić information content (AvgIpc) is 3.54. The Labute approximate surface area is 273 Å². The van der Waals surface area contributed by atoms with E-state index >= 15 is 0 Å². The lowest BCUT2D eigenvalue weighted by Gasteiger charge is -2.26. The number of nitro benzene ring substituents is 1. The molecule has 0 aliphatic carbocycles. The Kier molecular flexibility index (Phi) is 9.41. The van der Waals surface area contributed by atoms with Crippen LogP contribution in [0.1, 0.15) is 68.8 Å². The van der Waals surface area contributed by atoms with Crippen LogP contribution in [0.3, 0.4) is 0 Å². The van der Waals surface area contributed by atoms with Gasteiger partial charge in [0, 0.05) is 36.6 Å². The van der Waals surface area contributed by atoms with E-state index in [1.54, 1.807) is 20.8 Å². The van der Waals surface area contributed by atoms with Crippen molar-refractivity contribution in [3.63, 3.8) is 0 Å². The molecule has 3 aromatic rings. The number of sulfonamides is 1. The molecule has 2 aromatic heterocycles. The van der Waals surface area contributed by atoms with E-state index in [9.17, 15) is 45.7 Å². The maximum Gasteiger partial charge on any atom is 0.425 e. The molecule has 1 unspecified atom stereocenters. The van der Waals surface area contributed by atoms with Crippen molar-refractivity contribution in [1.29, 1.82) is 0 Å². The third kappa shape index (κ3) is 7.28. The molecule has 0 radical (unpaired) electrons. The van der Waals surface area contributed by atoms with Gasteiger partial charge in [-0.15, -0.1) is 22.7 Å². The van der Waals surface area contributed by atoms with Gasteiger partial charge in [-0.05, 0) is 62.4 Å². The number of thiophene rings is 2.